The van der Waals surface area contributed by atoms with Crippen LogP contribution in [0.1, 0.15) is 59.9 Å². The summed E-state index contributed by atoms with van der Waals surface area (Å²) in [6.45, 7) is 9.25. The zero-order valence-corrected chi connectivity index (χ0v) is 20.7. The second-order valence-corrected chi connectivity index (χ2v) is 9.46. The van der Waals surface area contributed by atoms with Crippen LogP contribution >= 0.6 is 0 Å². The summed E-state index contributed by atoms with van der Waals surface area (Å²) in [5, 5.41) is 11.5. The average molecular weight is 496 g/mol. The molecule has 4 amide bonds. The first-order valence-electron chi connectivity index (χ1n) is 10.8. The zero-order chi connectivity index (χ0) is 26.8. The third-order valence-electron chi connectivity index (χ3n) is 3.85. The number of ether oxygens (including phenoxy) is 3. The van der Waals surface area contributed by atoms with Gasteiger partial charge in [0.2, 0.25) is 0 Å². The molecule has 0 heterocycles. The molecule has 0 aliphatic rings. The number of hydrogen-bond donors (Lipinski definition) is 3. The van der Waals surface area contributed by atoms with Gasteiger partial charge in [0.05, 0.1) is 0 Å². The van der Waals surface area contributed by atoms with Crippen LogP contribution in [-0.4, -0.2) is 57.5 Å². The molecule has 1 rings (SSSR count). The maximum atomic E-state index is 13.2. The number of alkyl carbamates (subject to hydrolysis) is 1. The van der Waals surface area contributed by atoms with Crippen LogP contribution in [0.2, 0.25) is 0 Å². The lowest BCUT2D eigenvalue weighted by atomic mass is 10.1. The van der Waals surface area contributed by atoms with Crippen molar-refractivity contribution in [3.8, 4) is 0 Å². The van der Waals surface area contributed by atoms with E-state index >= 15 is 0 Å². The molecule has 1 aromatic rings. The van der Waals surface area contributed by atoms with Crippen LogP contribution in [0.15, 0.2) is 30.3 Å². The van der Waals surface area contributed by atoms with Crippen molar-refractivity contribution in [1.29, 1.82) is 0 Å². The number of carbonyl (C=O) groups excluding carboxylic acids is 4. The fourth-order valence-electron chi connectivity index (χ4n) is 2.48. The Morgan fingerprint density at radius 2 is 1.49 bits per heavy atom. The van der Waals surface area contributed by atoms with Crippen molar-refractivity contribution in [2.24, 2.45) is 0 Å². The van der Waals surface area contributed by atoms with Gasteiger partial charge < -0.3 is 24.6 Å². The molecule has 0 saturated carbocycles. The van der Waals surface area contributed by atoms with Crippen molar-refractivity contribution >= 4 is 30.2 Å². The summed E-state index contributed by atoms with van der Waals surface area (Å²) in [7, 11) is 0. The van der Waals surface area contributed by atoms with E-state index in [1.54, 1.807) is 71.9 Å². The molecule has 0 fully saturated rings. The fraction of sp³-hybridized carbons (Fsp3) is 0.522. The van der Waals surface area contributed by atoms with Gasteiger partial charge in [-0.1, -0.05) is 30.3 Å². The van der Waals surface area contributed by atoms with E-state index in [9.17, 15) is 24.0 Å². The molecule has 0 aromatic heterocycles. The SMILES string of the molecule is CC(C)(C)OC(=O)NN(C(=O)OC(C)(C)C)C(=O)[C@H](CCC(=O)O)NC(=O)OCc1ccccc1. The summed E-state index contributed by atoms with van der Waals surface area (Å²) in [6.07, 6.45) is -4.35. The Kier molecular flexibility index (Phi) is 10.5. The molecule has 0 radical (unpaired) electrons. The largest absolute Gasteiger partial charge is 0.481 e. The van der Waals surface area contributed by atoms with Crippen molar-refractivity contribution in [3.63, 3.8) is 0 Å². The van der Waals surface area contributed by atoms with Gasteiger partial charge in [-0.2, -0.15) is 0 Å². The smallest absolute Gasteiger partial charge is 0.436 e. The number of carbonyl (C=O) groups is 5. The molecule has 12 heteroatoms. The molecule has 194 valence electrons. The maximum Gasteiger partial charge on any atom is 0.436 e. The van der Waals surface area contributed by atoms with Crippen molar-refractivity contribution in [1.82, 2.24) is 15.8 Å². The monoisotopic (exact) mass is 495 g/mol. The van der Waals surface area contributed by atoms with Gasteiger partial charge in [-0.15, -0.1) is 5.01 Å². The minimum atomic E-state index is -1.54. The molecule has 1 atom stereocenters. The lowest BCUT2D eigenvalue weighted by Crippen LogP contribution is -2.58. The van der Waals surface area contributed by atoms with Crippen molar-refractivity contribution in [2.75, 3.05) is 0 Å². The highest BCUT2D eigenvalue weighted by atomic mass is 16.6. The number of nitrogens with one attached hydrogen (secondary N) is 2. The standard InChI is InChI=1S/C23H33N3O9/c1-22(2,3)34-20(31)25-26(21(32)35-23(4,5)6)18(29)16(12-13-17(27)28)24-19(30)33-14-15-10-8-7-9-11-15/h7-11,16H,12-14H2,1-6H3,(H,24,30)(H,25,31)(H,27,28)/t16-/m0/s1. The van der Waals surface area contributed by atoms with Crippen LogP contribution in [0, 0.1) is 0 Å². The van der Waals surface area contributed by atoms with Gasteiger partial charge in [0.1, 0.15) is 23.9 Å². The van der Waals surface area contributed by atoms with Crippen LogP contribution in [0.25, 0.3) is 0 Å². The van der Waals surface area contributed by atoms with Gasteiger partial charge >= 0.3 is 24.2 Å². The number of carboxylic acids is 1. The number of imide groups is 1. The number of aliphatic carboxylic acids is 1. The molecule has 12 nitrogen and oxygen atoms in total. The fourth-order valence-corrected chi connectivity index (χ4v) is 2.48. The number of amides is 4. The highest BCUT2D eigenvalue weighted by Gasteiger charge is 2.36. The average Bonchev–Trinajstić information content (AvgIpc) is 2.71. The van der Waals surface area contributed by atoms with Crippen molar-refractivity contribution in [2.45, 2.75) is 78.2 Å². The Morgan fingerprint density at radius 3 is 2.00 bits per heavy atom. The lowest BCUT2D eigenvalue weighted by molar-refractivity contribution is -0.138. The Bertz CT molecular complexity index is 905. The first kappa shape index (κ1) is 29.2. The minimum Gasteiger partial charge on any atom is -0.481 e. The molecular formula is C23H33N3O9. The van der Waals surface area contributed by atoms with E-state index in [0.29, 0.717) is 5.56 Å². The van der Waals surface area contributed by atoms with Crippen LogP contribution < -0.4 is 10.7 Å². The van der Waals surface area contributed by atoms with E-state index in [2.05, 4.69) is 5.32 Å². The van der Waals surface area contributed by atoms with Crippen molar-refractivity contribution < 1.29 is 43.3 Å². The lowest BCUT2D eigenvalue weighted by Gasteiger charge is -2.29. The van der Waals surface area contributed by atoms with Gasteiger partial charge in [-0.25, -0.2) is 19.8 Å². The number of hydrogen-bond acceptors (Lipinski definition) is 8. The quantitative estimate of drug-likeness (QED) is 0.380. The summed E-state index contributed by atoms with van der Waals surface area (Å²) < 4.78 is 15.3. The predicted molar refractivity (Wildman–Crippen MR) is 123 cm³/mol. The second kappa shape index (κ2) is 12.6. The Balaban J connectivity index is 3.08. The Hall–Kier alpha value is -3.83. The molecule has 0 spiro atoms. The summed E-state index contributed by atoms with van der Waals surface area (Å²) in [6, 6.07) is 7.17. The molecule has 35 heavy (non-hydrogen) atoms. The van der Waals surface area contributed by atoms with E-state index < -0.39 is 60.2 Å². The molecular weight excluding hydrogens is 462 g/mol. The normalized spacial score (nSPS) is 12.1. The molecule has 3 N–H and O–H groups in total. The van der Waals surface area contributed by atoms with Gasteiger partial charge in [-0.05, 0) is 53.5 Å². The summed E-state index contributed by atoms with van der Waals surface area (Å²) in [5.74, 6) is -2.39. The van der Waals surface area contributed by atoms with Gasteiger partial charge in [0, 0.05) is 6.42 Å². The minimum absolute atomic E-state index is 0.113. The van der Waals surface area contributed by atoms with Gasteiger partial charge in [-0.3, -0.25) is 9.59 Å². The highest BCUT2D eigenvalue weighted by Crippen LogP contribution is 2.13. The maximum absolute atomic E-state index is 13.2. The van der Waals surface area contributed by atoms with Gasteiger partial charge in [0.15, 0.2) is 0 Å². The Morgan fingerprint density at radius 1 is 0.914 bits per heavy atom. The number of benzene rings is 1. The molecule has 0 aliphatic carbocycles. The summed E-state index contributed by atoms with van der Waals surface area (Å²) >= 11 is 0. The highest BCUT2D eigenvalue weighted by molar-refractivity contribution is 5.97. The number of carboxylic acid groups (broad SMARTS) is 1. The molecule has 0 unspecified atom stereocenters. The first-order valence-corrected chi connectivity index (χ1v) is 10.8. The third-order valence-corrected chi connectivity index (χ3v) is 3.85. The summed E-state index contributed by atoms with van der Waals surface area (Å²) in [4.78, 5) is 61.6. The topological polar surface area (TPSA) is 161 Å². The third kappa shape index (κ3) is 12.3. The van der Waals surface area contributed by atoms with E-state index in [1.165, 1.54) is 0 Å². The molecule has 0 bridgehead atoms. The van der Waals surface area contributed by atoms with Crippen molar-refractivity contribution in [3.05, 3.63) is 35.9 Å². The van der Waals surface area contributed by atoms with Crippen LogP contribution in [0.5, 0.6) is 0 Å². The van der Waals surface area contributed by atoms with E-state index in [1.807, 2.05) is 5.43 Å². The molecule has 1 aromatic carbocycles. The van der Waals surface area contributed by atoms with E-state index in [0.717, 1.165) is 0 Å². The predicted octanol–water partition coefficient (Wildman–Crippen LogP) is 3.35. The first-order chi connectivity index (χ1) is 16.1. The van der Waals surface area contributed by atoms with Crippen LogP contribution in [-0.2, 0) is 30.4 Å². The molecule has 0 saturated heterocycles. The van der Waals surface area contributed by atoms with Gasteiger partial charge in [0.25, 0.3) is 5.91 Å². The Labute approximate surface area is 203 Å². The number of rotatable bonds is 7. The molecule has 0 aliphatic heterocycles. The second-order valence-electron chi connectivity index (χ2n) is 9.46. The van der Waals surface area contributed by atoms with E-state index in [4.69, 9.17) is 19.3 Å². The van der Waals surface area contributed by atoms with Crippen LogP contribution in [0.4, 0.5) is 14.4 Å². The van der Waals surface area contributed by atoms with Crippen LogP contribution in [0.3, 0.4) is 0 Å². The van der Waals surface area contributed by atoms with E-state index in [-0.39, 0.29) is 11.6 Å². The number of nitrogens with zero attached hydrogens (tertiary/aromatic N) is 1. The summed E-state index contributed by atoms with van der Waals surface area (Å²) in [5.41, 5.74) is 0.695. The number of hydrazine groups is 1. The zero-order valence-electron chi connectivity index (χ0n) is 20.7.